The summed E-state index contributed by atoms with van der Waals surface area (Å²) in [7, 11) is 0. The van der Waals surface area contributed by atoms with Gasteiger partial charge in [0.05, 0.1) is 18.8 Å². The summed E-state index contributed by atoms with van der Waals surface area (Å²) in [6, 6.07) is 13.0. The molecule has 1 aliphatic heterocycles. The first-order valence-electron chi connectivity index (χ1n) is 10.5. The van der Waals surface area contributed by atoms with Crippen molar-refractivity contribution >= 4 is 23.5 Å². The van der Waals surface area contributed by atoms with Crippen LogP contribution < -0.4 is 10.1 Å². The molecule has 0 radical (unpaired) electrons. The van der Waals surface area contributed by atoms with Crippen molar-refractivity contribution in [2.24, 2.45) is 0 Å². The van der Waals surface area contributed by atoms with Gasteiger partial charge in [0.25, 0.3) is 0 Å². The number of benzene rings is 2. The van der Waals surface area contributed by atoms with Gasteiger partial charge in [-0.2, -0.15) is 0 Å². The molecule has 1 amide bonds. The van der Waals surface area contributed by atoms with Gasteiger partial charge in [-0.3, -0.25) is 4.79 Å². The fourth-order valence-electron chi connectivity index (χ4n) is 4.06. The summed E-state index contributed by atoms with van der Waals surface area (Å²) in [6.07, 6.45) is 0.156. The Hall–Kier alpha value is -2.61. The zero-order chi connectivity index (χ0) is 23.3. The molecule has 0 aliphatic carbocycles. The Morgan fingerprint density at radius 2 is 1.97 bits per heavy atom. The number of hydrogen-bond acceptors (Lipinski definition) is 5. The van der Waals surface area contributed by atoms with Crippen molar-refractivity contribution in [1.82, 2.24) is 5.32 Å². The molecule has 0 unspecified atom stereocenters. The highest BCUT2D eigenvalue weighted by atomic mass is 35.5. The van der Waals surface area contributed by atoms with Gasteiger partial charge in [-0.05, 0) is 43.2 Å². The number of aliphatic hydroxyl groups is 1. The van der Waals surface area contributed by atoms with Crippen LogP contribution in [-0.2, 0) is 14.3 Å². The van der Waals surface area contributed by atoms with E-state index in [4.69, 9.17) is 31.3 Å². The number of amides is 1. The molecule has 0 bridgehead atoms. The number of rotatable bonds is 8. The normalized spacial score (nSPS) is 22.9. The zero-order valence-corrected chi connectivity index (χ0v) is 18.9. The Bertz CT molecular complexity index is 981. The number of carbonyl (C=O) groups is 2. The van der Waals surface area contributed by atoms with Gasteiger partial charge in [0.2, 0.25) is 5.91 Å². The Labute approximate surface area is 192 Å². The van der Waals surface area contributed by atoms with Crippen LogP contribution in [0.4, 0.5) is 0 Å². The maximum absolute atomic E-state index is 12.3. The summed E-state index contributed by atoms with van der Waals surface area (Å²) in [5.41, 5.74) is 1.89. The maximum Gasteiger partial charge on any atom is 0.341 e. The van der Waals surface area contributed by atoms with Gasteiger partial charge < -0.3 is 25.0 Å². The van der Waals surface area contributed by atoms with E-state index in [1.165, 1.54) is 0 Å². The Balaban J connectivity index is 1.97. The molecular formula is C24H28ClNO6. The minimum absolute atomic E-state index is 0.0143. The highest BCUT2D eigenvalue weighted by molar-refractivity contribution is 6.30. The average molecular weight is 462 g/mol. The number of carboxylic acid groups (broad SMARTS) is 1. The summed E-state index contributed by atoms with van der Waals surface area (Å²) in [6.45, 7) is 3.14. The van der Waals surface area contributed by atoms with Gasteiger partial charge >= 0.3 is 5.97 Å². The van der Waals surface area contributed by atoms with E-state index in [9.17, 15) is 9.59 Å². The van der Waals surface area contributed by atoms with Crippen molar-refractivity contribution in [3.8, 4) is 5.75 Å². The van der Waals surface area contributed by atoms with Crippen LogP contribution in [0.1, 0.15) is 55.1 Å². The molecule has 1 heterocycles. The van der Waals surface area contributed by atoms with E-state index in [2.05, 4.69) is 5.32 Å². The molecule has 3 rings (SSSR count). The standard InChI is InChI=1S/C24H28ClNO6/c1-15-6-7-18(19(10-15)31-14-23(29)30)21-13-24(2,26-22(28)8-9-27)12-20(32-21)16-4-3-5-17(25)11-16/h3-7,10-11,20-21,27H,8-9,12-14H2,1-2H3,(H,26,28)(H,29,30)/t20-,21+,24+/m0/s1. The van der Waals surface area contributed by atoms with E-state index < -0.39 is 24.2 Å². The van der Waals surface area contributed by atoms with Crippen LogP contribution in [0.5, 0.6) is 5.75 Å². The molecular weight excluding hydrogens is 434 g/mol. The Morgan fingerprint density at radius 1 is 1.22 bits per heavy atom. The second-order valence-electron chi connectivity index (χ2n) is 8.38. The van der Waals surface area contributed by atoms with Crippen LogP contribution >= 0.6 is 11.6 Å². The SMILES string of the molecule is Cc1ccc([C@H]2C[C@](C)(NC(=O)CCO)C[C@@H](c3cccc(Cl)c3)O2)c(OCC(=O)O)c1. The number of ether oxygens (including phenoxy) is 2. The number of aryl methyl sites for hydroxylation is 1. The van der Waals surface area contributed by atoms with Gasteiger partial charge in [0, 0.05) is 35.4 Å². The number of carbonyl (C=O) groups excluding carboxylic acids is 1. The topological polar surface area (TPSA) is 105 Å². The van der Waals surface area contributed by atoms with Gasteiger partial charge in [-0.1, -0.05) is 35.9 Å². The maximum atomic E-state index is 12.3. The molecule has 2 aromatic rings. The van der Waals surface area contributed by atoms with Crippen molar-refractivity contribution < 1.29 is 29.3 Å². The molecule has 0 saturated carbocycles. The lowest BCUT2D eigenvalue weighted by Gasteiger charge is -2.43. The molecule has 32 heavy (non-hydrogen) atoms. The van der Waals surface area contributed by atoms with Crippen LogP contribution in [-0.4, -0.2) is 40.8 Å². The Morgan fingerprint density at radius 3 is 2.66 bits per heavy atom. The summed E-state index contributed by atoms with van der Waals surface area (Å²) >= 11 is 6.20. The van der Waals surface area contributed by atoms with Crippen molar-refractivity contribution in [1.29, 1.82) is 0 Å². The van der Waals surface area contributed by atoms with E-state index in [0.29, 0.717) is 29.2 Å². The lowest BCUT2D eigenvalue weighted by Crippen LogP contribution is -2.51. The molecule has 1 saturated heterocycles. The molecule has 0 aromatic heterocycles. The molecule has 0 spiro atoms. The van der Waals surface area contributed by atoms with Crippen LogP contribution in [0.15, 0.2) is 42.5 Å². The monoisotopic (exact) mass is 461 g/mol. The van der Waals surface area contributed by atoms with Crippen molar-refractivity contribution in [3.63, 3.8) is 0 Å². The molecule has 1 fully saturated rings. The number of aliphatic carboxylic acids is 1. The Kier molecular flexibility index (Phi) is 7.77. The van der Waals surface area contributed by atoms with E-state index in [1.54, 1.807) is 12.1 Å². The van der Waals surface area contributed by atoms with E-state index in [1.807, 2.05) is 44.2 Å². The largest absolute Gasteiger partial charge is 0.482 e. The molecule has 3 N–H and O–H groups in total. The predicted molar refractivity (Wildman–Crippen MR) is 120 cm³/mol. The summed E-state index contributed by atoms with van der Waals surface area (Å²) < 4.78 is 12.0. The number of hydrogen-bond donors (Lipinski definition) is 3. The van der Waals surface area contributed by atoms with E-state index >= 15 is 0 Å². The first-order valence-corrected chi connectivity index (χ1v) is 10.8. The number of nitrogens with one attached hydrogen (secondary N) is 1. The molecule has 2 aromatic carbocycles. The summed E-state index contributed by atoms with van der Waals surface area (Å²) in [5.74, 6) is -0.875. The first kappa shape index (κ1) is 24.0. The average Bonchev–Trinajstić information content (AvgIpc) is 2.71. The quantitative estimate of drug-likeness (QED) is 0.549. The van der Waals surface area contributed by atoms with Crippen molar-refractivity contribution in [2.45, 2.75) is 50.9 Å². The van der Waals surface area contributed by atoms with Crippen LogP contribution in [0.25, 0.3) is 0 Å². The number of carboxylic acids is 1. The fourth-order valence-corrected chi connectivity index (χ4v) is 4.26. The molecule has 7 nitrogen and oxygen atoms in total. The summed E-state index contributed by atoms with van der Waals surface area (Å²) in [5, 5.41) is 21.8. The van der Waals surface area contributed by atoms with Crippen LogP contribution in [0.3, 0.4) is 0 Å². The molecule has 172 valence electrons. The van der Waals surface area contributed by atoms with Crippen LogP contribution in [0.2, 0.25) is 5.02 Å². The lowest BCUT2D eigenvalue weighted by atomic mass is 9.81. The van der Waals surface area contributed by atoms with Gasteiger partial charge in [0.1, 0.15) is 5.75 Å². The smallest absolute Gasteiger partial charge is 0.341 e. The second-order valence-corrected chi connectivity index (χ2v) is 8.82. The minimum Gasteiger partial charge on any atom is -0.482 e. The molecule has 8 heteroatoms. The fraction of sp³-hybridized carbons (Fsp3) is 0.417. The zero-order valence-electron chi connectivity index (χ0n) is 18.1. The molecule has 3 atom stereocenters. The first-order chi connectivity index (χ1) is 15.2. The van der Waals surface area contributed by atoms with Gasteiger partial charge in [-0.15, -0.1) is 0 Å². The lowest BCUT2D eigenvalue weighted by molar-refractivity contribution is -0.139. The predicted octanol–water partition coefficient (Wildman–Crippen LogP) is 3.96. The highest BCUT2D eigenvalue weighted by Gasteiger charge is 2.41. The number of aliphatic hydroxyl groups excluding tert-OH is 1. The summed E-state index contributed by atoms with van der Waals surface area (Å²) in [4.78, 5) is 23.4. The van der Waals surface area contributed by atoms with Crippen molar-refractivity contribution in [3.05, 3.63) is 64.2 Å². The third kappa shape index (κ3) is 6.22. The van der Waals surface area contributed by atoms with Crippen molar-refractivity contribution in [2.75, 3.05) is 13.2 Å². The molecule has 1 aliphatic rings. The van der Waals surface area contributed by atoms with Gasteiger partial charge in [-0.25, -0.2) is 4.79 Å². The van der Waals surface area contributed by atoms with E-state index in [0.717, 1.165) is 11.1 Å². The van der Waals surface area contributed by atoms with Crippen LogP contribution in [0, 0.1) is 6.92 Å². The van der Waals surface area contributed by atoms with Gasteiger partial charge in [0.15, 0.2) is 6.61 Å². The number of halogens is 1. The third-order valence-electron chi connectivity index (χ3n) is 5.47. The van der Waals surface area contributed by atoms with E-state index in [-0.39, 0.29) is 25.0 Å². The second kappa shape index (κ2) is 10.3. The third-order valence-corrected chi connectivity index (χ3v) is 5.70. The minimum atomic E-state index is -1.07. The highest BCUT2D eigenvalue weighted by Crippen LogP contribution is 2.46.